The second-order valence-corrected chi connectivity index (χ2v) is 10.3. The number of amidine groups is 1. The molecule has 3 N–H and O–H groups in total. The molecule has 33 heavy (non-hydrogen) atoms. The monoisotopic (exact) mass is 630 g/mol. The standard InChI is InChI=1S/C24H42N6O2.W/c1-20(29-13-9-12-22(18-29)30(19-31)15-14-28(2)3)27-24(16-23(25)32)26-17-21-10-7-5-4-6-8-11-21;/h1,16,19,21-22,26H,4-15,17-18H2,2-3H3,(H2,25,32);/b24-16?,27-20+;. The van der Waals surface area contributed by atoms with Crippen LogP contribution in [0.2, 0.25) is 0 Å². The van der Waals surface area contributed by atoms with Crippen LogP contribution in [0.1, 0.15) is 57.8 Å². The maximum atomic E-state index is 11.7. The van der Waals surface area contributed by atoms with E-state index in [2.05, 4.69) is 19.5 Å². The van der Waals surface area contributed by atoms with Crippen molar-refractivity contribution in [2.45, 2.75) is 63.8 Å². The Balaban J connectivity index is 2.06. The Morgan fingerprint density at radius 2 is 1.82 bits per heavy atom. The third kappa shape index (κ3) is 10.5. The number of nitrogens with zero attached hydrogens (tertiary/aromatic N) is 4. The van der Waals surface area contributed by atoms with Gasteiger partial charge in [0.1, 0.15) is 0 Å². The van der Waals surface area contributed by atoms with E-state index in [1.165, 1.54) is 70.4 Å². The Bertz CT molecular complexity index is 688. The van der Waals surface area contributed by atoms with Crippen molar-refractivity contribution >= 4 is 22.6 Å². The Morgan fingerprint density at radius 3 is 2.42 bits per heavy atom. The molecule has 0 aromatic rings. The van der Waals surface area contributed by atoms with E-state index in [1.807, 2.05) is 19.0 Å². The summed E-state index contributed by atoms with van der Waals surface area (Å²) in [7, 11) is 4.04. The number of rotatable bonds is 11. The number of carbonyl (C=O) groups is 2. The minimum atomic E-state index is -0.492. The number of nitrogens with one attached hydrogen (secondary N) is 1. The third-order valence-corrected chi connectivity index (χ3v) is 7.30. The van der Waals surface area contributed by atoms with Gasteiger partial charge in [0.15, 0.2) is 0 Å². The first-order valence-corrected chi connectivity index (χ1v) is 14.0. The van der Waals surface area contributed by atoms with Crippen molar-refractivity contribution in [1.29, 1.82) is 0 Å². The van der Waals surface area contributed by atoms with E-state index in [1.54, 1.807) is 0 Å². The average Bonchev–Trinajstić information content (AvgIpc) is 2.76. The Labute approximate surface area is 210 Å². The van der Waals surface area contributed by atoms with Crippen LogP contribution in [0.4, 0.5) is 0 Å². The van der Waals surface area contributed by atoms with Crippen molar-refractivity contribution in [2.75, 3.05) is 46.8 Å². The fourth-order valence-corrected chi connectivity index (χ4v) is 5.34. The first-order valence-electron chi connectivity index (χ1n) is 12.3. The van der Waals surface area contributed by atoms with E-state index in [9.17, 15) is 9.59 Å². The average molecular weight is 630 g/mol. The van der Waals surface area contributed by atoms with Crippen molar-refractivity contribution in [2.24, 2.45) is 16.6 Å². The topological polar surface area (TPSA) is 94.3 Å². The van der Waals surface area contributed by atoms with Gasteiger partial charge in [-0.25, -0.2) is 0 Å². The number of hydrogen-bond acceptors (Lipinski definition) is 5. The summed E-state index contributed by atoms with van der Waals surface area (Å²) in [5.74, 6) is 1.51. The van der Waals surface area contributed by atoms with Gasteiger partial charge in [0.2, 0.25) is 0 Å². The molecule has 1 saturated carbocycles. The van der Waals surface area contributed by atoms with Crippen molar-refractivity contribution in [1.82, 2.24) is 20.0 Å². The van der Waals surface area contributed by atoms with E-state index in [-0.39, 0.29) is 6.04 Å². The molecule has 0 spiro atoms. The zero-order chi connectivity index (χ0) is 24.1. The number of likely N-dealkylation sites (tertiary alicyclic amines) is 1. The number of amides is 2. The van der Waals surface area contributed by atoms with Crippen LogP contribution < -0.4 is 11.1 Å². The minimum absolute atomic E-state index is 0.169. The van der Waals surface area contributed by atoms with Crippen LogP contribution in [0.5, 0.6) is 0 Å². The van der Waals surface area contributed by atoms with Crippen molar-refractivity contribution in [3.8, 4) is 0 Å². The Kier molecular flexibility index (Phi) is 12.9. The summed E-state index contributed by atoms with van der Waals surface area (Å²) in [5.41, 5.74) is 5.49. The molecule has 2 fully saturated rings. The summed E-state index contributed by atoms with van der Waals surface area (Å²) in [4.78, 5) is 34.5. The molecule has 9 heteroatoms. The van der Waals surface area contributed by atoms with Gasteiger partial charge in [-0.3, -0.25) is 0 Å². The summed E-state index contributed by atoms with van der Waals surface area (Å²) in [6.07, 6.45) is 13.4. The molecule has 186 valence electrons. The second-order valence-electron chi connectivity index (χ2n) is 9.50. The van der Waals surface area contributed by atoms with Crippen LogP contribution in [-0.4, -0.2) is 90.1 Å². The molecule has 1 saturated heterocycles. The summed E-state index contributed by atoms with van der Waals surface area (Å²) < 4.78 is 2.06. The van der Waals surface area contributed by atoms with Gasteiger partial charge in [0.25, 0.3) is 0 Å². The maximum absolute atomic E-state index is 11.7. The molecule has 0 aromatic carbocycles. The molecule has 1 aliphatic carbocycles. The number of aliphatic imine (C=N–C) groups is 1. The molecule has 2 rings (SSSR count). The molecule has 8 nitrogen and oxygen atoms in total. The number of primary amides is 1. The van der Waals surface area contributed by atoms with Crippen LogP contribution in [0, 0.1) is 5.92 Å². The Morgan fingerprint density at radius 1 is 1.12 bits per heavy atom. The zero-order valence-electron chi connectivity index (χ0n) is 20.4. The van der Waals surface area contributed by atoms with E-state index in [0.29, 0.717) is 11.7 Å². The van der Waals surface area contributed by atoms with Gasteiger partial charge in [0.05, 0.1) is 0 Å². The van der Waals surface area contributed by atoms with Gasteiger partial charge < -0.3 is 0 Å². The van der Waals surface area contributed by atoms with Gasteiger partial charge in [-0.05, 0) is 0 Å². The van der Waals surface area contributed by atoms with Gasteiger partial charge in [-0.15, -0.1) is 0 Å². The first-order chi connectivity index (χ1) is 15.9. The molecule has 1 heterocycles. The van der Waals surface area contributed by atoms with Crippen LogP contribution in [0.3, 0.4) is 0 Å². The number of likely N-dealkylation sites (N-methyl/N-ethyl adjacent to an activating group) is 1. The quantitative estimate of drug-likeness (QED) is 0.156. The molecular formula is C24H42N6O2W. The Hall–Kier alpha value is -1.53. The summed E-state index contributed by atoms with van der Waals surface area (Å²) in [6.45, 7) is 4.03. The predicted molar refractivity (Wildman–Crippen MR) is 131 cm³/mol. The van der Waals surface area contributed by atoms with Crippen LogP contribution in [-0.2, 0) is 28.9 Å². The summed E-state index contributed by atoms with van der Waals surface area (Å²) >= 11 is 1.30. The van der Waals surface area contributed by atoms with Crippen molar-refractivity contribution in [3.63, 3.8) is 0 Å². The van der Waals surface area contributed by atoms with E-state index < -0.39 is 5.91 Å². The van der Waals surface area contributed by atoms with E-state index in [4.69, 9.17) is 10.7 Å². The normalized spacial score (nSPS) is 21.3. The van der Waals surface area contributed by atoms with Gasteiger partial charge in [-0.1, -0.05) is 0 Å². The summed E-state index contributed by atoms with van der Waals surface area (Å²) in [6, 6.07) is 0.169. The number of nitrogens with two attached hydrogens (primary N) is 1. The van der Waals surface area contributed by atoms with Gasteiger partial charge in [0, 0.05) is 0 Å². The zero-order valence-corrected chi connectivity index (χ0v) is 23.3. The van der Waals surface area contributed by atoms with Crippen LogP contribution >= 0.6 is 0 Å². The van der Waals surface area contributed by atoms with Crippen molar-refractivity contribution < 1.29 is 28.9 Å². The number of hydrogen-bond donors (Lipinski definition) is 2. The fourth-order valence-electron chi connectivity index (χ4n) is 4.62. The fraction of sp³-hybridized carbons (Fsp3) is 0.750. The van der Waals surface area contributed by atoms with Gasteiger partial charge in [-0.2, -0.15) is 0 Å². The number of piperidine rings is 1. The molecule has 2 aliphatic rings. The van der Waals surface area contributed by atoms with Crippen LogP contribution in [0.15, 0.2) is 16.9 Å². The molecule has 0 radical (unpaired) electrons. The van der Waals surface area contributed by atoms with Crippen molar-refractivity contribution in [3.05, 3.63) is 11.9 Å². The van der Waals surface area contributed by atoms with E-state index >= 15 is 0 Å². The van der Waals surface area contributed by atoms with E-state index in [0.717, 1.165) is 57.8 Å². The third-order valence-electron chi connectivity index (χ3n) is 6.55. The first kappa shape index (κ1) is 27.7. The molecule has 1 aliphatic heterocycles. The molecule has 2 amide bonds. The summed E-state index contributed by atoms with van der Waals surface area (Å²) in [5, 5.41) is 3.41. The SMILES string of the molecule is CN(C)CCN(C=O)C1CCCN(/C([CH]=[W])=N/C(=CC(N)=O)NCC2CCCCCCC2)C1. The molecular weight excluding hydrogens is 588 g/mol. The van der Waals surface area contributed by atoms with Crippen LogP contribution in [0.25, 0.3) is 0 Å². The predicted octanol–water partition coefficient (Wildman–Crippen LogP) is 1.50. The molecule has 0 bridgehead atoms. The van der Waals surface area contributed by atoms with Gasteiger partial charge >= 0.3 is 211 Å². The molecule has 1 atom stereocenters. The number of carbonyl (C=O) groups excluding carboxylic acids is 2. The molecule has 1 unspecified atom stereocenters. The second kappa shape index (κ2) is 15.4. The molecule has 0 aromatic heterocycles.